The van der Waals surface area contributed by atoms with Crippen molar-refractivity contribution in [1.82, 2.24) is 0 Å². The molecule has 3 nitrogen and oxygen atoms in total. The Labute approximate surface area is 113 Å². The largest absolute Gasteiger partial charge is 0.223 e. The molecular weight excluding hydrogens is 258 g/mol. The Morgan fingerprint density at radius 2 is 1.68 bits per heavy atom. The summed E-state index contributed by atoms with van der Waals surface area (Å²) in [6.45, 7) is 0. The van der Waals surface area contributed by atoms with Gasteiger partial charge in [0.2, 0.25) is 0 Å². The number of hydrogen-bond donors (Lipinski definition) is 0. The van der Waals surface area contributed by atoms with E-state index in [0.717, 1.165) is 12.8 Å². The predicted octanol–water partition coefficient (Wildman–Crippen LogP) is 2.56. The van der Waals surface area contributed by atoms with E-state index in [1.807, 2.05) is 12.2 Å². The molecule has 3 aliphatic rings. The van der Waals surface area contributed by atoms with Gasteiger partial charge in [0.1, 0.15) is 0 Å². The van der Waals surface area contributed by atoms with Crippen molar-refractivity contribution in [3.8, 4) is 6.07 Å². The van der Waals surface area contributed by atoms with Gasteiger partial charge in [0.05, 0.1) is 22.1 Å². The van der Waals surface area contributed by atoms with Gasteiger partial charge >= 0.3 is 0 Å². The Kier molecular flexibility index (Phi) is 2.94. The Morgan fingerprint density at radius 3 is 2.26 bits per heavy atom. The molecule has 4 atom stereocenters. The Hall–Kier alpha value is -1.60. The van der Waals surface area contributed by atoms with E-state index in [1.54, 1.807) is 30.3 Å². The molecule has 4 heteroatoms. The van der Waals surface area contributed by atoms with Crippen LogP contribution in [0.2, 0.25) is 0 Å². The summed E-state index contributed by atoms with van der Waals surface area (Å²) in [5.41, 5.74) is 0. The van der Waals surface area contributed by atoms with Gasteiger partial charge in [-0.3, -0.25) is 0 Å². The van der Waals surface area contributed by atoms with Gasteiger partial charge in [0.15, 0.2) is 9.84 Å². The second-order valence-corrected chi connectivity index (χ2v) is 7.37. The Balaban J connectivity index is 2.07. The molecule has 0 radical (unpaired) electrons. The van der Waals surface area contributed by atoms with Gasteiger partial charge in [0.25, 0.3) is 0 Å². The standard InChI is InChI=1S/C15H15NO2S/c16-10-14-11-6-8-12(9-7-11)15(14)19(17,18)13-4-2-1-3-5-13/h1-6,8,11-12,14-15H,7,9H2/t11-,12+,14+,15+/m0/s1. The third-order valence-electron chi connectivity index (χ3n) is 4.26. The first kappa shape index (κ1) is 12.4. The molecule has 3 aliphatic carbocycles. The summed E-state index contributed by atoms with van der Waals surface area (Å²) in [6, 6.07) is 10.7. The number of fused-ring (bicyclic) bond motifs is 2. The van der Waals surface area contributed by atoms with Crippen LogP contribution in [0.3, 0.4) is 0 Å². The molecule has 19 heavy (non-hydrogen) atoms. The molecule has 98 valence electrons. The fraction of sp³-hybridized carbons (Fsp3) is 0.400. The second-order valence-electron chi connectivity index (χ2n) is 5.27. The number of benzene rings is 1. The maximum atomic E-state index is 12.8. The number of allylic oxidation sites excluding steroid dienone is 2. The van der Waals surface area contributed by atoms with Gasteiger partial charge in [-0.1, -0.05) is 30.4 Å². The van der Waals surface area contributed by atoms with Crippen molar-refractivity contribution in [1.29, 1.82) is 5.26 Å². The zero-order valence-electron chi connectivity index (χ0n) is 10.4. The Morgan fingerprint density at radius 1 is 1.05 bits per heavy atom. The monoisotopic (exact) mass is 273 g/mol. The molecule has 1 fully saturated rings. The molecule has 1 aromatic rings. The lowest BCUT2D eigenvalue weighted by molar-refractivity contribution is 0.270. The SMILES string of the molecule is N#C[C@H]1[C@H](S(=O)(=O)c2ccccc2)[C@@H]2C=C[C@H]1CC2. The summed E-state index contributed by atoms with van der Waals surface area (Å²) >= 11 is 0. The van der Waals surface area contributed by atoms with Crippen LogP contribution in [0.25, 0.3) is 0 Å². The van der Waals surface area contributed by atoms with Crippen molar-refractivity contribution in [3.63, 3.8) is 0 Å². The van der Waals surface area contributed by atoms with Gasteiger partial charge in [-0.05, 0) is 36.8 Å². The Bertz CT molecular complexity index is 642. The van der Waals surface area contributed by atoms with Crippen LogP contribution >= 0.6 is 0 Å². The fourth-order valence-corrected chi connectivity index (χ4v) is 5.49. The van der Waals surface area contributed by atoms with E-state index >= 15 is 0 Å². The normalized spacial score (nSPS) is 33.0. The average molecular weight is 273 g/mol. The van der Waals surface area contributed by atoms with Crippen molar-refractivity contribution < 1.29 is 8.42 Å². The van der Waals surface area contributed by atoms with Crippen molar-refractivity contribution in [3.05, 3.63) is 42.5 Å². The summed E-state index contributed by atoms with van der Waals surface area (Å²) in [6.07, 6.45) is 5.82. The average Bonchev–Trinajstić information content (AvgIpc) is 2.48. The van der Waals surface area contributed by atoms with E-state index in [-0.39, 0.29) is 11.8 Å². The summed E-state index contributed by atoms with van der Waals surface area (Å²) < 4.78 is 25.5. The minimum atomic E-state index is -3.43. The smallest absolute Gasteiger partial charge is 0.183 e. The van der Waals surface area contributed by atoms with E-state index in [4.69, 9.17) is 0 Å². The topological polar surface area (TPSA) is 57.9 Å². The van der Waals surface area contributed by atoms with E-state index in [2.05, 4.69) is 6.07 Å². The van der Waals surface area contributed by atoms with Crippen molar-refractivity contribution >= 4 is 9.84 Å². The molecule has 0 spiro atoms. The minimum absolute atomic E-state index is 0.0140. The van der Waals surface area contributed by atoms with Crippen LogP contribution in [0, 0.1) is 29.1 Å². The first-order valence-electron chi connectivity index (χ1n) is 6.51. The fourth-order valence-electron chi connectivity index (χ4n) is 3.31. The van der Waals surface area contributed by atoms with Gasteiger partial charge in [0, 0.05) is 0 Å². The summed E-state index contributed by atoms with van der Waals surface area (Å²) in [5.74, 6) is -0.327. The molecule has 0 heterocycles. The van der Waals surface area contributed by atoms with Crippen LogP contribution in [-0.4, -0.2) is 13.7 Å². The highest BCUT2D eigenvalue weighted by Gasteiger charge is 2.48. The van der Waals surface area contributed by atoms with Gasteiger partial charge in [-0.25, -0.2) is 8.42 Å². The molecule has 0 unspecified atom stereocenters. The third kappa shape index (κ3) is 1.89. The van der Waals surface area contributed by atoms with Crippen LogP contribution < -0.4 is 0 Å². The molecule has 4 rings (SSSR count). The van der Waals surface area contributed by atoms with Crippen LogP contribution in [0.5, 0.6) is 0 Å². The maximum absolute atomic E-state index is 12.8. The molecular formula is C15H15NO2S. The van der Waals surface area contributed by atoms with Crippen LogP contribution in [0.15, 0.2) is 47.4 Å². The van der Waals surface area contributed by atoms with Crippen molar-refractivity contribution in [2.24, 2.45) is 17.8 Å². The molecule has 0 aromatic heterocycles. The lowest BCUT2D eigenvalue weighted by Crippen LogP contribution is -2.45. The minimum Gasteiger partial charge on any atom is -0.223 e. The highest BCUT2D eigenvalue weighted by molar-refractivity contribution is 7.92. The quantitative estimate of drug-likeness (QED) is 0.778. The zero-order chi connectivity index (χ0) is 13.5. The van der Waals surface area contributed by atoms with Crippen molar-refractivity contribution in [2.75, 3.05) is 0 Å². The molecule has 1 aromatic carbocycles. The first-order valence-corrected chi connectivity index (χ1v) is 8.06. The van der Waals surface area contributed by atoms with E-state index in [0.29, 0.717) is 4.90 Å². The number of hydrogen-bond acceptors (Lipinski definition) is 3. The van der Waals surface area contributed by atoms with E-state index in [9.17, 15) is 13.7 Å². The highest BCUT2D eigenvalue weighted by Crippen LogP contribution is 2.45. The molecule has 0 saturated heterocycles. The van der Waals surface area contributed by atoms with E-state index < -0.39 is 21.0 Å². The second kappa shape index (κ2) is 4.50. The first-order chi connectivity index (χ1) is 9.14. The summed E-state index contributed by atoms with van der Waals surface area (Å²) in [5, 5.41) is 8.77. The van der Waals surface area contributed by atoms with Crippen LogP contribution in [0.1, 0.15) is 12.8 Å². The summed E-state index contributed by atoms with van der Waals surface area (Å²) in [4.78, 5) is 0.334. The maximum Gasteiger partial charge on any atom is 0.183 e. The molecule has 1 saturated carbocycles. The number of nitrogens with zero attached hydrogens (tertiary/aromatic N) is 1. The molecule has 2 bridgehead atoms. The lowest BCUT2D eigenvalue weighted by atomic mass is 9.69. The zero-order valence-corrected chi connectivity index (χ0v) is 11.3. The molecule has 0 aliphatic heterocycles. The number of nitriles is 1. The van der Waals surface area contributed by atoms with Gasteiger partial charge in [-0.2, -0.15) is 5.26 Å². The molecule has 0 amide bonds. The van der Waals surface area contributed by atoms with Gasteiger partial charge in [-0.15, -0.1) is 0 Å². The van der Waals surface area contributed by atoms with Crippen molar-refractivity contribution in [2.45, 2.75) is 23.0 Å². The van der Waals surface area contributed by atoms with Gasteiger partial charge < -0.3 is 0 Å². The molecule has 0 N–H and O–H groups in total. The number of sulfone groups is 1. The predicted molar refractivity (Wildman–Crippen MR) is 71.9 cm³/mol. The summed E-state index contributed by atoms with van der Waals surface area (Å²) in [7, 11) is -3.43. The van der Waals surface area contributed by atoms with E-state index in [1.165, 1.54) is 0 Å². The highest BCUT2D eigenvalue weighted by atomic mass is 32.2. The lowest BCUT2D eigenvalue weighted by Gasteiger charge is -2.41. The van der Waals surface area contributed by atoms with Crippen LogP contribution in [0.4, 0.5) is 0 Å². The van der Waals surface area contributed by atoms with Crippen LogP contribution in [-0.2, 0) is 9.84 Å². The third-order valence-corrected chi connectivity index (χ3v) is 6.54. The number of rotatable bonds is 2.